The maximum Gasteiger partial charge on any atom is 0.216 e. The van der Waals surface area contributed by atoms with Crippen LogP contribution < -0.4 is 4.57 Å². The SMILES string of the molecule is Cc1ccc2c(oc3c2ccc2c4ccccc4c4ccccc4c23)c1-c1cc(CC(C)(C)C)cc[n+]1C. The molecule has 7 aromatic rings. The molecule has 0 radical (unpaired) electrons. The van der Waals surface area contributed by atoms with Gasteiger partial charge in [-0.3, -0.25) is 0 Å². The highest BCUT2D eigenvalue weighted by atomic mass is 16.3. The minimum absolute atomic E-state index is 0.223. The fraction of sp³-hybridized carbons (Fsp3) is 0.194. The van der Waals surface area contributed by atoms with Crippen molar-refractivity contribution < 1.29 is 8.98 Å². The zero-order chi connectivity index (χ0) is 26.2. The molecule has 186 valence electrons. The van der Waals surface area contributed by atoms with Gasteiger partial charge in [0.15, 0.2) is 6.20 Å². The molecule has 0 fully saturated rings. The van der Waals surface area contributed by atoms with E-state index in [0.717, 1.165) is 17.6 Å². The molecule has 0 amide bonds. The maximum atomic E-state index is 6.97. The number of benzene rings is 5. The van der Waals surface area contributed by atoms with Gasteiger partial charge in [-0.1, -0.05) is 87.5 Å². The van der Waals surface area contributed by atoms with Crippen molar-refractivity contribution in [2.75, 3.05) is 0 Å². The van der Waals surface area contributed by atoms with Crippen molar-refractivity contribution in [1.29, 1.82) is 0 Å². The fourth-order valence-corrected chi connectivity index (χ4v) is 6.29. The first-order valence-corrected chi connectivity index (χ1v) is 13.5. The highest BCUT2D eigenvalue weighted by Gasteiger charge is 2.23. The predicted octanol–water partition coefficient (Wildman–Crippen LogP) is 9.43. The molecule has 0 spiro atoms. The van der Waals surface area contributed by atoms with Gasteiger partial charge in [0.1, 0.15) is 18.2 Å². The van der Waals surface area contributed by atoms with Crippen molar-refractivity contribution in [2.24, 2.45) is 12.5 Å². The van der Waals surface area contributed by atoms with Crippen LogP contribution >= 0.6 is 0 Å². The lowest BCUT2D eigenvalue weighted by atomic mass is 9.87. The number of rotatable bonds is 2. The van der Waals surface area contributed by atoms with E-state index in [4.69, 9.17) is 4.42 Å². The third-order valence-corrected chi connectivity index (χ3v) is 7.93. The Kier molecular flexibility index (Phi) is 4.94. The van der Waals surface area contributed by atoms with Crippen LogP contribution in [0.2, 0.25) is 0 Å². The molecular weight excluding hydrogens is 462 g/mol. The van der Waals surface area contributed by atoms with E-state index < -0.39 is 0 Å². The Morgan fingerprint density at radius 2 is 1.21 bits per heavy atom. The highest BCUT2D eigenvalue weighted by Crippen LogP contribution is 2.44. The fourth-order valence-electron chi connectivity index (χ4n) is 6.29. The average molecular weight is 495 g/mol. The van der Waals surface area contributed by atoms with Crippen LogP contribution in [0.3, 0.4) is 0 Å². The molecule has 0 saturated heterocycles. The maximum absolute atomic E-state index is 6.97. The summed E-state index contributed by atoms with van der Waals surface area (Å²) in [5, 5.41) is 9.82. The predicted molar refractivity (Wildman–Crippen MR) is 161 cm³/mol. The Morgan fingerprint density at radius 3 is 1.89 bits per heavy atom. The lowest BCUT2D eigenvalue weighted by Crippen LogP contribution is -2.31. The number of aryl methyl sites for hydroxylation is 2. The standard InChI is InChI=1S/C36H32NO/c1-22-14-15-29-30-17-16-28-26-12-7-6-10-24(26)25-11-8-9-13-27(25)33(28)35(30)38-34(29)32(22)31-20-23(18-19-37(31)5)21-36(2,3)4/h6-20H,21H2,1-5H3/q+1. The van der Waals surface area contributed by atoms with Crippen molar-refractivity contribution in [3.05, 3.63) is 102 Å². The summed E-state index contributed by atoms with van der Waals surface area (Å²) in [6.45, 7) is 9.08. The van der Waals surface area contributed by atoms with Gasteiger partial charge in [-0.15, -0.1) is 0 Å². The molecule has 0 aliphatic heterocycles. The van der Waals surface area contributed by atoms with Gasteiger partial charge in [-0.2, -0.15) is 0 Å². The van der Waals surface area contributed by atoms with Crippen molar-refractivity contribution in [2.45, 2.75) is 34.1 Å². The van der Waals surface area contributed by atoms with Crippen LogP contribution in [-0.2, 0) is 13.5 Å². The molecule has 0 unspecified atom stereocenters. The Labute approximate surface area is 223 Å². The molecule has 0 saturated carbocycles. The Bertz CT molecular complexity index is 2020. The molecule has 0 aliphatic carbocycles. The molecule has 2 heterocycles. The van der Waals surface area contributed by atoms with Crippen LogP contribution in [-0.4, -0.2) is 0 Å². The van der Waals surface area contributed by atoms with E-state index in [1.165, 1.54) is 65.5 Å². The van der Waals surface area contributed by atoms with Gasteiger partial charge in [0.25, 0.3) is 0 Å². The van der Waals surface area contributed by atoms with Gasteiger partial charge in [0.05, 0.1) is 5.56 Å². The Morgan fingerprint density at radius 1 is 0.658 bits per heavy atom. The van der Waals surface area contributed by atoms with Crippen LogP contribution in [0.25, 0.3) is 65.5 Å². The quantitative estimate of drug-likeness (QED) is 0.173. The number of fused-ring (bicyclic) bond motifs is 10. The van der Waals surface area contributed by atoms with Crippen molar-refractivity contribution >= 4 is 54.3 Å². The molecular formula is C36H32NO+. The minimum Gasteiger partial charge on any atom is -0.454 e. The summed E-state index contributed by atoms with van der Waals surface area (Å²) in [5.74, 6) is 0. The van der Waals surface area contributed by atoms with E-state index in [2.05, 4.69) is 130 Å². The van der Waals surface area contributed by atoms with Crippen LogP contribution in [0.5, 0.6) is 0 Å². The van der Waals surface area contributed by atoms with Crippen LogP contribution in [0.4, 0.5) is 0 Å². The highest BCUT2D eigenvalue weighted by molar-refractivity contribution is 6.32. The molecule has 5 aromatic carbocycles. The summed E-state index contributed by atoms with van der Waals surface area (Å²) >= 11 is 0. The summed E-state index contributed by atoms with van der Waals surface area (Å²) in [7, 11) is 2.13. The summed E-state index contributed by atoms with van der Waals surface area (Å²) < 4.78 is 9.20. The van der Waals surface area contributed by atoms with Gasteiger partial charge in [0, 0.05) is 28.3 Å². The van der Waals surface area contributed by atoms with E-state index >= 15 is 0 Å². The van der Waals surface area contributed by atoms with Gasteiger partial charge in [-0.25, -0.2) is 4.57 Å². The molecule has 0 aliphatic rings. The largest absolute Gasteiger partial charge is 0.454 e. The summed E-state index contributed by atoms with van der Waals surface area (Å²) in [6, 6.07) is 31.0. The number of furan rings is 1. The van der Waals surface area contributed by atoms with Gasteiger partial charge < -0.3 is 4.42 Å². The minimum atomic E-state index is 0.223. The second-order valence-corrected chi connectivity index (χ2v) is 12.0. The number of aromatic nitrogens is 1. The zero-order valence-electron chi connectivity index (χ0n) is 22.7. The Balaban J connectivity index is 1.61. The summed E-state index contributed by atoms with van der Waals surface area (Å²) in [6.07, 6.45) is 3.21. The number of hydrogen-bond donors (Lipinski definition) is 0. The van der Waals surface area contributed by atoms with E-state index in [0.29, 0.717) is 0 Å². The van der Waals surface area contributed by atoms with Gasteiger partial charge in [-0.05, 0) is 62.9 Å². The van der Waals surface area contributed by atoms with Gasteiger partial charge in [0.2, 0.25) is 5.69 Å². The second-order valence-electron chi connectivity index (χ2n) is 12.0. The first kappa shape index (κ1) is 23.0. The molecule has 7 rings (SSSR count). The molecule has 0 atom stereocenters. The molecule has 2 nitrogen and oxygen atoms in total. The molecule has 2 heteroatoms. The summed E-state index contributed by atoms with van der Waals surface area (Å²) in [4.78, 5) is 0. The number of pyridine rings is 1. The second kappa shape index (κ2) is 8.16. The molecule has 0 N–H and O–H groups in total. The van der Waals surface area contributed by atoms with Crippen molar-refractivity contribution in [3.63, 3.8) is 0 Å². The molecule has 38 heavy (non-hydrogen) atoms. The molecule has 2 aromatic heterocycles. The first-order chi connectivity index (χ1) is 18.3. The third-order valence-electron chi connectivity index (χ3n) is 7.93. The van der Waals surface area contributed by atoms with Crippen LogP contribution in [0.15, 0.2) is 95.5 Å². The normalized spacial score (nSPS) is 12.4. The zero-order valence-corrected chi connectivity index (χ0v) is 22.7. The van der Waals surface area contributed by atoms with E-state index in [-0.39, 0.29) is 5.41 Å². The van der Waals surface area contributed by atoms with E-state index in [1.807, 2.05) is 0 Å². The smallest absolute Gasteiger partial charge is 0.216 e. The monoisotopic (exact) mass is 494 g/mol. The van der Waals surface area contributed by atoms with Gasteiger partial charge >= 0.3 is 0 Å². The Hall–Kier alpha value is -4.17. The van der Waals surface area contributed by atoms with E-state index in [1.54, 1.807) is 0 Å². The lowest BCUT2D eigenvalue weighted by molar-refractivity contribution is -0.660. The van der Waals surface area contributed by atoms with Crippen molar-refractivity contribution in [1.82, 2.24) is 0 Å². The lowest BCUT2D eigenvalue weighted by Gasteiger charge is -2.18. The van der Waals surface area contributed by atoms with Crippen LogP contribution in [0.1, 0.15) is 31.9 Å². The van der Waals surface area contributed by atoms with E-state index in [9.17, 15) is 0 Å². The number of hydrogen-bond acceptors (Lipinski definition) is 1. The summed E-state index contributed by atoms with van der Waals surface area (Å²) in [5.41, 5.74) is 7.10. The van der Waals surface area contributed by atoms with Crippen LogP contribution in [0, 0.1) is 12.3 Å². The average Bonchev–Trinajstić information content (AvgIpc) is 3.28. The third kappa shape index (κ3) is 3.44. The first-order valence-electron chi connectivity index (χ1n) is 13.5. The molecule has 0 bridgehead atoms. The topological polar surface area (TPSA) is 17.0 Å². The van der Waals surface area contributed by atoms with Crippen molar-refractivity contribution in [3.8, 4) is 11.3 Å². The number of nitrogens with zero attached hydrogens (tertiary/aromatic N) is 1.